The predicted molar refractivity (Wildman–Crippen MR) is 64.7 cm³/mol. The van der Waals surface area contributed by atoms with Gasteiger partial charge in [-0.1, -0.05) is 12.8 Å². The molecule has 1 saturated carbocycles. The molecule has 1 atom stereocenters. The highest BCUT2D eigenvalue weighted by Crippen LogP contribution is 2.41. The van der Waals surface area contributed by atoms with Crippen LogP contribution in [0.15, 0.2) is 18.2 Å². The zero-order valence-electron chi connectivity index (χ0n) is 9.43. The fourth-order valence-electron chi connectivity index (χ4n) is 2.39. The zero-order valence-corrected chi connectivity index (χ0v) is 10.3. The quantitative estimate of drug-likeness (QED) is 0.566. The first-order valence-electron chi connectivity index (χ1n) is 5.66. The van der Waals surface area contributed by atoms with Gasteiger partial charge >= 0.3 is 0 Å². The average Bonchev–Trinajstić information content (AvgIpc) is 2.71. The predicted octanol–water partition coefficient (Wildman–Crippen LogP) is 1.89. The summed E-state index contributed by atoms with van der Waals surface area (Å²) in [6, 6.07) is 4.63. The maximum Gasteiger partial charge on any atom is 0.165 e. The van der Waals surface area contributed by atoms with Gasteiger partial charge in [0.15, 0.2) is 7.67 Å². The Morgan fingerprint density at radius 3 is 2.65 bits per heavy atom. The minimum atomic E-state index is -4.05. The van der Waals surface area contributed by atoms with Crippen molar-refractivity contribution in [3.63, 3.8) is 0 Å². The number of anilines is 1. The minimum absolute atomic E-state index is 0.148. The van der Waals surface area contributed by atoms with E-state index in [4.69, 9.17) is 5.50 Å². The SMILES string of the molecule is NP(=O)([O-])Nc1ccc(O)cc1C1CCCC1. The second-order valence-corrected chi connectivity index (χ2v) is 5.88. The van der Waals surface area contributed by atoms with Gasteiger partial charge < -0.3 is 15.1 Å². The Kier molecular flexibility index (Phi) is 3.43. The zero-order chi connectivity index (χ0) is 12.5. The van der Waals surface area contributed by atoms with E-state index >= 15 is 0 Å². The summed E-state index contributed by atoms with van der Waals surface area (Å²) in [6.45, 7) is 0. The van der Waals surface area contributed by atoms with E-state index in [1.54, 1.807) is 12.1 Å². The van der Waals surface area contributed by atoms with Crippen LogP contribution < -0.4 is 15.5 Å². The molecule has 0 radical (unpaired) electrons. The Morgan fingerprint density at radius 1 is 1.41 bits per heavy atom. The molecule has 0 aromatic heterocycles. The summed E-state index contributed by atoms with van der Waals surface area (Å²) in [7, 11) is -4.05. The van der Waals surface area contributed by atoms with Crippen LogP contribution in [0.2, 0.25) is 0 Å². The van der Waals surface area contributed by atoms with E-state index in [1.165, 1.54) is 6.07 Å². The topological polar surface area (TPSA) is 98.4 Å². The molecule has 4 N–H and O–H groups in total. The molecule has 1 aromatic rings. The molecule has 0 heterocycles. The molecule has 5 nitrogen and oxygen atoms in total. The van der Waals surface area contributed by atoms with Crippen LogP contribution in [-0.2, 0) is 4.57 Å². The molecule has 6 heteroatoms. The van der Waals surface area contributed by atoms with E-state index in [0.29, 0.717) is 11.6 Å². The fraction of sp³-hybridized carbons (Fsp3) is 0.455. The number of phenols is 1. The molecule has 1 unspecified atom stereocenters. The van der Waals surface area contributed by atoms with Gasteiger partial charge in [0.25, 0.3) is 0 Å². The summed E-state index contributed by atoms with van der Waals surface area (Å²) in [5, 5.41) is 11.8. The Balaban J connectivity index is 2.33. The van der Waals surface area contributed by atoms with Crippen LogP contribution in [0.3, 0.4) is 0 Å². The second kappa shape index (κ2) is 4.69. The van der Waals surface area contributed by atoms with Crippen molar-refractivity contribution in [2.24, 2.45) is 5.50 Å². The lowest BCUT2D eigenvalue weighted by Crippen LogP contribution is -2.18. The van der Waals surface area contributed by atoms with Crippen molar-refractivity contribution in [3.05, 3.63) is 23.8 Å². The van der Waals surface area contributed by atoms with Crippen LogP contribution in [0.4, 0.5) is 5.69 Å². The van der Waals surface area contributed by atoms with E-state index < -0.39 is 7.67 Å². The molecule has 1 fully saturated rings. The van der Waals surface area contributed by atoms with Crippen LogP contribution in [-0.4, -0.2) is 5.11 Å². The van der Waals surface area contributed by atoms with Crippen LogP contribution in [0.25, 0.3) is 0 Å². The highest BCUT2D eigenvalue weighted by Gasteiger charge is 2.21. The van der Waals surface area contributed by atoms with Gasteiger partial charge in [-0.05, 0) is 42.5 Å². The van der Waals surface area contributed by atoms with Gasteiger partial charge in [-0.3, -0.25) is 10.1 Å². The summed E-state index contributed by atoms with van der Waals surface area (Å²) in [4.78, 5) is 11.1. The molecule has 1 aliphatic rings. The second-order valence-electron chi connectivity index (χ2n) is 4.46. The van der Waals surface area contributed by atoms with Gasteiger partial charge in [-0.25, -0.2) is 0 Å². The van der Waals surface area contributed by atoms with Gasteiger partial charge in [-0.2, -0.15) is 0 Å². The largest absolute Gasteiger partial charge is 0.772 e. The van der Waals surface area contributed by atoms with Crippen molar-refractivity contribution in [3.8, 4) is 5.75 Å². The minimum Gasteiger partial charge on any atom is -0.772 e. The van der Waals surface area contributed by atoms with E-state index in [0.717, 1.165) is 31.2 Å². The van der Waals surface area contributed by atoms with E-state index in [1.807, 2.05) is 0 Å². The van der Waals surface area contributed by atoms with Gasteiger partial charge in [0.1, 0.15) is 5.75 Å². The van der Waals surface area contributed by atoms with Crippen molar-refractivity contribution in [1.29, 1.82) is 0 Å². The summed E-state index contributed by atoms with van der Waals surface area (Å²) in [6.07, 6.45) is 4.31. The number of benzene rings is 1. The first-order valence-corrected chi connectivity index (χ1v) is 7.36. The van der Waals surface area contributed by atoms with Crippen LogP contribution in [0.5, 0.6) is 5.75 Å². The molecule has 0 spiro atoms. The summed E-state index contributed by atoms with van der Waals surface area (Å²) in [5.74, 6) is 0.450. The number of hydrogen-bond acceptors (Lipinski definition) is 3. The van der Waals surface area contributed by atoms with Crippen molar-refractivity contribution >= 4 is 13.4 Å². The highest BCUT2D eigenvalue weighted by molar-refractivity contribution is 7.55. The van der Waals surface area contributed by atoms with E-state index in [2.05, 4.69) is 5.09 Å². The standard InChI is InChI=1S/C11H17N2O3P/c12-17(15,16)13-11-6-5-9(14)7-10(11)8-3-1-2-4-8/h5-8,14H,1-4H2,(H4,12,13,15,16)/p-1. The van der Waals surface area contributed by atoms with Crippen molar-refractivity contribution in [2.75, 3.05) is 5.09 Å². The van der Waals surface area contributed by atoms with Crippen LogP contribution >= 0.6 is 7.67 Å². The number of aromatic hydroxyl groups is 1. The third-order valence-corrected chi connectivity index (χ3v) is 3.66. The normalized spacial score (nSPS) is 20.1. The molecule has 1 aromatic carbocycles. The molecule has 0 aliphatic heterocycles. The Morgan fingerprint density at radius 2 is 2.06 bits per heavy atom. The molecular formula is C11H16N2O3P-. The van der Waals surface area contributed by atoms with Gasteiger partial charge in [-0.15, -0.1) is 0 Å². The Bertz CT molecular complexity index is 452. The monoisotopic (exact) mass is 255 g/mol. The molecule has 94 valence electrons. The average molecular weight is 255 g/mol. The van der Waals surface area contributed by atoms with Gasteiger partial charge in [0.2, 0.25) is 0 Å². The van der Waals surface area contributed by atoms with Crippen LogP contribution in [0, 0.1) is 0 Å². The molecule has 17 heavy (non-hydrogen) atoms. The third-order valence-electron chi connectivity index (χ3n) is 3.11. The van der Waals surface area contributed by atoms with Crippen molar-refractivity contribution in [2.45, 2.75) is 31.6 Å². The molecule has 1 aliphatic carbocycles. The Labute approximate surface area is 100 Å². The smallest absolute Gasteiger partial charge is 0.165 e. The maximum absolute atomic E-state index is 11.1. The molecule has 0 amide bonds. The summed E-state index contributed by atoms with van der Waals surface area (Å²) >= 11 is 0. The summed E-state index contributed by atoms with van der Waals surface area (Å²) < 4.78 is 11.1. The number of rotatable bonds is 3. The van der Waals surface area contributed by atoms with E-state index in [-0.39, 0.29) is 5.75 Å². The first kappa shape index (κ1) is 12.4. The maximum atomic E-state index is 11.1. The number of nitrogens with two attached hydrogens (primary N) is 1. The lowest BCUT2D eigenvalue weighted by molar-refractivity contribution is -0.173. The lowest BCUT2D eigenvalue weighted by Gasteiger charge is -2.24. The van der Waals surface area contributed by atoms with Crippen LogP contribution in [0.1, 0.15) is 37.2 Å². The molecule has 2 rings (SSSR count). The van der Waals surface area contributed by atoms with Gasteiger partial charge in [0, 0.05) is 5.69 Å². The Hall–Kier alpha value is -1.03. The third kappa shape index (κ3) is 3.22. The fourth-order valence-corrected chi connectivity index (χ4v) is 2.93. The number of phenolic OH excluding ortho intramolecular Hbond substituents is 1. The molecule has 0 saturated heterocycles. The van der Waals surface area contributed by atoms with E-state index in [9.17, 15) is 14.6 Å². The molecule has 0 bridgehead atoms. The number of hydrogen-bond donors (Lipinski definition) is 3. The number of nitrogens with one attached hydrogen (secondary N) is 1. The first-order chi connectivity index (χ1) is 7.96. The van der Waals surface area contributed by atoms with Gasteiger partial charge in [0.05, 0.1) is 0 Å². The van der Waals surface area contributed by atoms with Crippen molar-refractivity contribution in [1.82, 2.24) is 0 Å². The lowest BCUT2D eigenvalue weighted by atomic mass is 9.96. The van der Waals surface area contributed by atoms with Crippen molar-refractivity contribution < 1.29 is 14.6 Å². The highest BCUT2D eigenvalue weighted by atomic mass is 31.2. The molecular weight excluding hydrogens is 239 g/mol. The summed E-state index contributed by atoms with van der Waals surface area (Å²) in [5.41, 5.74) is 6.32.